The number of hydrogen-bond acceptors (Lipinski definition) is 5. The topological polar surface area (TPSA) is 52.1 Å². The molecule has 2 aromatic carbocycles. The molecule has 0 atom stereocenters. The van der Waals surface area contributed by atoms with E-state index in [1.165, 1.54) is 0 Å². The molecule has 0 saturated heterocycles. The smallest absolute Gasteiger partial charge is 0.161 e. The van der Waals surface area contributed by atoms with Crippen molar-refractivity contribution < 1.29 is 14.2 Å². The summed E-state index contributed by atoms with van der Waals surface area (Å²) < 4.78 is 16.5. The lowest BCUT2D eigenvalue weighted by Crippen LogP contribution is -2.07. The number of hydrogen-bond donors (Lipinski definition) is 1. The van der Waals surface area contributed by atoms with Gasteiger partial charge in [-0.1, -0.05) is 18.2 Å². The van der Waals surface area contributed by atoms with Gasteiger partial charge in [-0.05, 0) is 43.7 Å². The lowest BCUT2D eigenvalue weighted by molar-refractivity contribution is 0.288. The minimum Gasteiger partial charge on any atom is -0.496 e. The molecule has 0 aliphatic carbocycles. The molecule has 2 rings (SSSR count). The second kappa shape index (κ2) is 9.45. The minimum absolute atomic E-state index is 0.590. The summed E-state index contributed by atoms with van der Waals surface area (Å²) in [5.74, 6) is 2.33. The summed E-state index contributed by atoms with van der Waals surface area (Å²) in [5.41, 5.74) is 5.03. The van der Waals surface area contributed by atoms with E-state index < -0.39 is 0 Å². The molecule has 0 amide bonds. The highest BCUT2D eigenvalue weighted by Gasteiger charge is 2.05. The predicted octanol–water partition coefficient (Wildman–Crippen LogP) is 3.62. The van der Waals surface area contributed by atoms with Crippen LogP contribution in [-0.2, 0) is 6.54 Å². The average molecular weight is 328 g/mol. The van der Waals surface area contributed by atoms with Crippen molar-refractivity contribution in [2.75, 3.05) is 20.3 Å². The Morgan fingerprint density at radius 1 is 0.958 bits per heavy atom. The second-order valence-corrected chi connectivity index (χ2v) is 4.98. The zero-order valence-corrected chi connectivity index (χ0v) is 14.4. The van der Waals surface area contributed by atoms with Gasteiger partial charge in [-0.15, -0.1) is 0 Å². The highest BCUT2D eigenvalue weighted by molar-refractivity contribution is 5.80. The van der Waals surface area contributed by atoms with E-state index in [2.05, 4.69) is 10.5 Å². The summed E-state index contributed by atoms with van der Waals surface area (Å²) in [6, 6.07) is 13.6. The molecule has 24 heavy (non-hydrogen) atoms. The number of nitrogens with zero attached hydrogens (tertiary/aromatic N) is 1. The highest BCUT2D eigenvalue weighted by Crippen LogP contribution is 2.28. The molecule has 0 aliphatic rings. The van der Waals surface area contributed by atoms with E-state index in [1.807, 2.05) is 56.3 Å². The maximum Gasteiger partial charge on any atom is 0.161 e. The average Bonchev–Trinajstić information content (AvgIpc) is 2.61. The quantitative estimate of drug-likeness (QED) is 0.564. The van der Waals surface area contributed by atoms with E-state index >= 15 is 0 Å². The molecule has 0 heterocycles. The number of benzene rings is 2. The fraction of sp³-hybridized carbons (Fsp3) is 0.316. The van der Waals surface area contributed by atoms with E-state index in [0.29, 0.717) is 19.8 Å². The van der Waals surface area contributed by atoms with E-state index in [9.17, 15) is 0 Å². The Labute approximate surface area is 143 Å². The predicted molar refractivity (Wildman–Crippen MR) is 96.2 cm³/mol. The number of para-hydroxylation sites is 1. The molecule has 0 radical (unpaired) electrons. The van der Waals surface area contributed by atoms with E-state index in [1.54, 1.807) is 13.3 Å². The first-order chi connectivity index (χ1) is 11.8. The molecule has 0 aromatic heterocycles. The van der Waals surface area contributed by atoms with Gasteiger partial charge in [0.2, 0.25) is 0 Å². The van der Waals surface area contributed by atoms with Crippen LogP contribution >= 0.6 is 0 Å². The van der Waals surface area contributed by atoms with Crippen molar-refractivity contribution in [2.45, 2.75) is 20.4 Å². The molecule has 128 valence electrons. The van der Waals surface area contributed by atoms with Gasteiger partial charge < -0.3 is 19.6 Å². The van der Waals surface area contributed by atoms with Crippen LogP contribution in [0.15, 0.2) is 47.6 Å². The van der Waals surface area contributed by atoms with Crippen LogP contribution in [0.1, 0.15) is 25.0 Å². The zero-order valence-electron chi connectivity index (χ0n) is 14.4. The standard InChI is InChI=1S/C19H24N2O3/c1-4-23-18-11-10-15(12-19(18)24-5-2)13-20-21-14-16-8-6-7-9-17(16)22-3/h6-13,21H,4-5,14H2,1-3H3/b20-13-. The van der Waals surface area contributed by atoms with Gasteiger partial charge in [0.05, 0.1) is 33.1 Å². The third-order valence-corrected chi connectivity index (χ3v) is 3.33. The molecular formula is C19H24N2O3. The third kappa shape index (κ3) is 4.91. The molecule has 5 nitrogen and oxygen atoms in total. The zero-order chi connectivity index (χ0) is 17.2. The maximum absolute atomic E-state index is 5.61. The van der Waals surface area contributed by atoms with Gasteiger partial charge in [0, 0.05) is 5.56 Å². The summed E-state index contributed by atoms with van der Waals surface area (Å²) in [5, 5.41) is 4.26. The van der Waals surface area contributed by atoms with E-state index in [0.717, 1.165) is 28.4 Å². The summed E-state index contributed by atoms with van der Waals surface area (Å²) in [7, 11) is 1.66. The molecule has 0 spiro atoms. The van der Waals surface area contributed by atoms with Crippen LogP contribution in [0.2, 0.25) is 0 Å². The van der Waals surface area contributed by atoms with Gasteiger partial charge in [0.15, 0.2) is 11.5 Å². The van der Waals surface area contributed by atoms with E-state index in [-0.39, 0.29) is 0 Å². The van der Waals surface area contributed by atoms with Crippen molar-refractivity contribution in [3.8, 4) is 17.2 Å². The van der Waals surface area contributed by atoms with Crippen LogP contribution in [0, 0.1) is 0 Å². The highest BCUT2D eigenvalue weighted by atomic mass is 16.5. The molecule has 0 aliphatic heterocycles. The van der Waals surface area contributed by atoms with Crippen molar-refractivity contribution in [2.24, 2.45) is 5.10 Å². The number of hydrazone groups is 1. The van der Waals surface area contributed by atoms with E-state index in [4.69, 9.17) is 14.2 Å². The molecule has 0 saturated carbocycles. The monoisotopic (exact) mass is 328 g/mol. The Balaban J connectivity index is 1.99. The number of ether oxygens (including phenoxy) is 3. The lowest BCUT2D eigenvalue weighted by Gasteiger charge is -2.11. The normalized spacial score (nSPS) is 10.6. The lowest BCUT2D eigenvalue weighted by atomic mass is 10.2. The van der Waals surface area contributed by atoms with Crippen LogP contribution in [0.25, 0.3) is 0 Å². The van der Waals surface area contributed by atoms with Crippen LogP contribution in [0.4, 0.5) is 0 Å². The van der Waals surface area contributed by atoms with Crippen molar-refractivity contribution in [1.82, 2.24) is 5.43 Å². The first kappa shape index (κ1) is 17.7. The fourth-order valence-corrected chi connectivity index (χ4v) is 2.25. The van der Waals surface area contributed by atoms with Gasteiger partial charge in [0.1, 0.15) is 5.75 Å². The maximum atomic E-state index is 5.61. The first-order valence-electron chi connectivity index (χ1n) is 8.06. The largest absolute Gasteiger partial charge is 0.496 e. The molecule has 5 heteroatoms. The molecule has 1 N–H and O–H groups in total. The van der Waals surface area contributed by atoms with Crippen molar-refractivity contribution in [3.05, 3.63) is 53.6 Å². The Bertz CT molecular complexity index is 671. The molecule has 0 bridgehead atoms. The van der Waals surface area contributed by atoms with Gasteiger partial charge in [0.25, 0.3) is 0 Å². The van der Waals surface area contributed by atoms with Crippen LogP contribution in [0.5, 0.6) is 17.2 Å². The van der Waals surface area contributed by atoms with Crippen molar-refractivity contribution >= 4 is 6.21 Å². The van der Waals surface area contributed by atoms with Gasteiger partial charge in [-0.25, -0.2) is 0 Å². The Morgan fingerprint density at radius 3 is 2.46 bits per heavy atom. The Hall–Kier alpha value is -2.69. The second-order valence-electron chi connectivity index (χ2n) is 4.98. The van der Waals surface area contributed by atoms with Crippen LogP contribution < -0.4 is 19.6 Å². The van der Waals surface area contributed by atoms with Gasteiger partial charge >= 0.3 is 0 Å². The van der Waals surface area contributed by atoms with Crippen LogP contribution in [0.3, 0.4) is 0 Å². The third-order valence-electron chi connectivity index (χ3n) is 3.33. The first-order valence-corrected chi connectivity index (χ1v) is 8.06. The summed E-state index contributed by atoms with van der Waals surface area (Å²) in [6.07, 6.45) is 1.76. The summed E-state index contributed by atoms with van der Waals surface area (Å²) in [6.45, 7) is 5.69. The SMILES string of the molecule is CCOc1ccc(/C=N\NCc2ccccc2OC)cc1OCC. The fourth-order valence-electron chi connectivity index (χ4n) is 2.25. The van der Waals surface area contributed by atoms with Crippen molar-refractivity contribution in [1.29, 1.82) is 0 Å². The molecule has 2 aromatic rings. The van der Waals surface area contributed by atoms with Crippen LogP contribution in [-0.4, -0.2) is 26.5 Å². The Morgan fingerprint density at radius 2 is 1.71 bits per heavy atom. The number of rotatable bonds is 9. The van der Waals surface area contributed by atoms with Gasteiger partial charge in [-0.2, -0.15) is 5.10 Å². The summed E-state index contributed by atoms with van der Waals surface area (Å²) >= 11 is 0. The molecule has 0 fully saturated rings. The number of nitrogens with one attached hydrogen (secondary N) is 1. The Kier molecular flexibility index (Phi) is 6.95. The molecule has 0 unspecified atom stereocenters. The summed E-state index contributed by atoms with van der Waals surface area (Å²) in [4.78, 5) is 0. The number of methoxy groups -OCH3 is 1. The minimum atomic E-state index is 0.590. The molecular weight excluding hydrogens is 304 g/mol. The van der Waals surface area contributed by atoms with Crippen molar-refractivity contribution in [3.63, 3.8) is 0 Å². The van der Waals surface area contributed by atoms with Gasteiger partial charge in [-0.3, -0.25) is 0 Å².